The van der Waals surface area contributed by atoms with Gasteiger partial charge in [-0.25, -0.2) is 8.42 Å². The Morgan fingerprint density at radius 3 is 2.53 bits per heavy atom. The summed E-state index contributed by atoms with van der Waals surface area (Å²) in [6.45, 7) is 3.28. The maximum Gasteiger partial charge on any atom is 0.235 e. The molecule has 30 heavy (non-hydrogen) atoms. The number of hydrogen-bond acceptors (Lipinski definition) is 4. The van der Waals surface area contributed by atoms with Gasteiger partial charge in [0, 0.05) is 16.3 Å². The Hall–Kier alpha value is -2.70. The third-order valence-electron chi connectivity index (χ3n) is 5.09. The van der Waals surface area contributed by atoms with E-state index < -0.39 is 21.4 Å². The average Bonchev–Trinajstić information content (AvgIpc) is 2.72. The molecule has 1 aliphatic rings. The minimum atomic E-state index is -3.48. The lowest BCUT2D eigenvalue weighted by molar-refractivity contribution is 0.242. The molecule has 5 nitrogen and oxygen atoms in total. The summed E-state index contributed by atoms with van der Waals surface area (Å²) in [7, 11) is -1.86. The number of rotatable bonds is 5. The lowest BCUT2D eigenvalue weighted by atomic mass is 9.89. The first-order valence-electron chi connectivity index (χ1n) is 9.55. The Morgan fingerprint density at radius 1 is 1.07 bits per heavy atom. The normalized spacial score (nSPS) is 15.2. The predicted octanol–water partition coefficient (Wildman–Crippen LogP) is 5.65. The molecule has 1 N–H and O–H groups in total. The monoisotopic (exact) mass is 443 g/mol. The van der Waals surface area contributed by atoms with Crippen molar-refractivity contribution in [2.75, 3.05) is 11.8 Å². The molecule has 4 rings (SSSR count). The SMILES string of the molecule is COc1cccc2c1-c1ccc(NS(=O)(=O)C(C)C)cc1C(c1cccc(Cl)c1)O2. The van der Waals surface area contributed by atoms with Crippen molar-refractivity contribution >= 4 is 27.3 Å². The van der Waals surface area contributed by atoms with Crippen LogP contribution >= 0.6 is 11.6 Å². The molecule has 1 unspecified atom stereocenters. The topological polar surface area (TPSA) is 64.6 Å². The van der Waals surface area contributed by atoms with Gasteiger partial charge in [0.05, 0.1) is 17.9 Å². The van der Waals surface area contributed by atoms with E-state index in [4.69, 9.17) is 21.1 Å². The number of benzene rings is 3. The second kappa shape index (κ2) is 7.85. The van der Waals surface area contributed by atoms with E-state index in [1.165, 1.54) is 0 Å². The highest BCUT2D eigenvalue weighted by atomic mass is 35.5. The van der Waals surface area contributed by atoms with E-state index in [0.29, 0.717) is 22.2 Å². The van der Waals surface area contributed by atoms with Crippen LogP contribution in [-0.2, 0) is 10.0 Å². The van der Waals surface area contributed by atoms with Gasteiger partial charge in [0.1, 0.15) is 17.6 Å². The zero-order valence-electron chi connectivity index (χ0n) is 16.8. The van der Waals surface area contributed by atoms with Crippen LogP contribution in [0.2, 0.25) is 5.02 Å². The van der Waals surface area contributed by atoms with Gasteiger partial charge in [-0.15, -0.1) is 0 Å². The summed E-state index contributed by atoms with van der Waals surface area (Å²) in [5.74, 6) is 1.39. The van der Waals surface area contributed by atoms with Crippen molar-refractivity contribution in [1.82, 2.24) is 0 Å². The molecule has 3 aromatic rings. The van der Waals surface area contributed by atoms with E-state index in [0.717, 1.165) is 22.3 Å². The van der Waals surface area contributed by atoms with Crippen LogP contribution < -0.4 is 14.2 Å². The van der Waals surface area contributed by atoms with Crippen molar-refractivity contribution < 1.29 is 17.9 Å². The standard InChI is InChI=1S/C23H22ClNO4S/c1-14(2)30(26,27)25-17-10-11-18-19(13-17)23(15-6-4-7-16(24)12-15)29-21-9-5-8-20(28-3)22(18)21/h4-14,23,25H,1-3H3. The molecule has 0 saturated heterocycles. The number of ether oxygens (including phenoxy) is 2. The minimum Gasteiger partial charge on any atom is -0.496 e. The van der Waals surface area contributed by atoms with Crippen LogP contribution in [0.25, 0.3) is 11.1 Å². The van der Waals surface area contributed by atoms with Crippen molar-refractivity contribution in [3.63, 3.8) is 0 Å². The Balaban J connectivity index is 1.90. The van der Waals surface area contributed by atoms with Gasteiger partial charge in [-0.2, -0.15) is 0 Å². The lowest BCUT2D eigenvalue weighted by Gasteiger charge is -2.30. The van der Waals surface area contributed by atoms with Crippen molar-refractivity contribution in [2.24, 2.45) is 0 Å². The lowest BCUT2D eigenvalue weighted by Crippen LogP contribution is -2.23. The summed E-state index contributed by atoms with van der Waals surface area (Å²) in [6.07, 6.45) is -0.443. The van der Waals surface area contributed by atoms with Gasteiger partial charge >= 0.3 is 0 Å². The number of fused-ring (bicyclic) bond motifs is 3. The van der Waals surface area contributed by atoms with E-state index in [9.17, 15) is 8.42 Å². The second-order valence-electron chi connectivity index (χ2n) is 7.38. The van der Waals surface area contributed by atoms with Crippen LogP contribution in [0.15, 0.2) is 60.7 Å². The molecule has 3 aromatic carbocycles. The van der Waals surface area contributed by atoms with Crippen molar-refractivity contribution in [1.29, 1.82) is 0 Å². The number of nitrogens with one attached hydrogen (secondary N) is 1. The molecule has 0 fully saturated rings. The van der Waals surface area contributed by atoms with Gasteiger partial charge in [-0.05, 0) is 61.4 Å². The molecule has 0 aromatic heterocycles. The van der Waals surface area contributed by atoms with Gasteiger partial charge in [0.15, 0.2) is 0 Å². The zero-order chi connectivity index (χ0) is 21.5. The van der Waals surface area contributed by atoms with Crippen molar-refractivity contribution in [3.05, 3.63) is 76.8 Å². The molecule has 0 saturated carbocycles. The number of halogens is 1. The molecule has 7 heteroatoms. The van der Waals surface area contributed by atoms with Gasteiger partial charge in [-0.3, -0.25) is 4.72 Å². The first-order chi connectivity index (χ1) is 14.3. The quantitative estimate of drug-likeness (QED) is 0.553. The summed E-state index contributed by atoms with van der Waals surface area (Å²) >= 11 is 6.23. The van der Waals surface area contributed by atoms with Gasteiger partial charge in [0.2, 0.25) is 10.0 Å². The highest BCUT2D eigenvalue weighted by molar-refractivity contribution is 7.93. The molecule has 1 heterocycles. The maximum absolute atomic E-state index is 12.4. The van der Waals surface area contributed by atoms with E-state index in [2.05, 4.69) is 4.72 Å². The maximum atomic E-state index is 12.4. The predicted molar refractivity (Wildman–Crippen MR) is 120 cm³/mol. The fourth-order valence-electron chi connectivity index (χ4n) is 3.51. The van der Waals surface area contributed by atoms with Crippen LogP contribution in [0.3, 0.4) is 0 Å². The molecule has 156 valence electrons. The van der Waals surface area contributed by atoms with Crippen molar-refractivity contribution in [2.45, 2.75) is 25.2 Å². The van der Waals surface area contributed by atoms with Gasteiger partial charge < -0.3 is 9.47 Å². The zero-order valence-corrected chi connectivity index (χ0v) is 18.4. The molecule has 0 spiro atoms. The third-order valence-corrected chi connectivity index (χ3v) is 7.08. The Bertz CT molecular complexity index is 1210. The average molecular weight is 444 g/mol. The number of sulfonamides is 1. The largest absolute Gasteiger partial charge is 0.496 e. The second-order valence-corrected chi connectivity index (χ2v) is 10.1. The van der Waals surface area contributed by atoms with Crippen LogP contribution in [0, 0.1) is 0 Å². The summed E-state index contributed by atoms with van der Waals surface area (Å²) < 4.78 is 39.3. The molecule has 1 atom stereocenters. The van der Waals surface area contributed by atoms with Crippen LogP contribution in [0.4, 0.5) is 5.69 Å². The Labute approximate surface area is 181 Å². The smallest absolute Gasteiger partial charge is 0.235 e. The van der Waals surface area contributed by atoms with E-state index in [-0.39, 0.29) is 0 Å². The van der Waals surface area contributed by atoms with E-state index in [1.54, 1.807) is 33.1 Å². The summed E-state index contributed by atoms with van der Waals surface area (Å²) in [5, 5.41) is 0.0556. The van der Waals surface area contributed by atoms with Gasteiger partial charge in [0.25, 0.3) is 0 Å². The highest BCUT2D eigenvalue weighted by Crippen LogP contribution is 2.49. The number of anilines is 1. The molecular formula is C23H22ClNO4S. The Morgan fingerprint density at radius 2 is 1.83 bits per heavy atom. The summed E-state index contributed by atoms with van der Waals surface area (Å²) in [5.41, 5.74) is 3.95. The molecule has 0 radical (unpaired) electrons. The highest BCUT2D eigenvalue weighted by Gasteiger charge is 2.30. The molecule has 0 amide bonds. The summed E-state index contributed by atoms with van der Waals surface area (Å²) in [4.78, 5) is 0. The number of methoxy groups -OCH3 is 1. The molecular weight excluding hydrogens is 422 g/mol. The fourth-order valence-corrected chi connectivity index (χ4v) is 4.40. The number of hydrogen-bond donors (Lipinski definition) is 1. The van der Waals surface area contributed by atoms with Crippen LogP contribution in [0.5, 0.6) is 11.5 Å². The first-order valence-corrected chi connectivity index (χ1v) is 11.5. The van der Waals surface area contributed by atoms with E-state index >= 15 is 0 Å². The minimum absolute atomic E-state index is 0.443. The van der Waals surface area contributed by atoms with Crippen LogP contribution in [-0.4, -0.2) is 20.8 Å². The molecule has 0 bridgehead atoms. The van der Waals surface area contributed by atoms with Gasteiger partial charge in [-0.1, -0.05) is 35.9 Å². The van der Waals surface area contributed by atoms with E-state index in [1.807, 2.05) is 48.5 Å². The third kappa shape index (κ3) is 3.73. The summed E-state index contributed by atoms with van der Waals surface area (Å²) in [6, 6.07) is 18.6. The molecule has 1 aliphatic heterocycles. The van der Waals surface area contributed by atoms with Crippen molar-refractivity contribution in [3.8, 4) is 22.6 Å². The molecule has 0 aliphatic carbocycles. The first kappa shape index (κ1) is 20.6. The Kier molecular flexibility index (Phi) is 5.38. The van der Waals surface area contributed by atoms with Crippen LogP contribution in [0.1, 0.15) is 31.1 Å². The fraction of sp³-hybridized carbons (Fsp3) is 0.217.